The summed E-state index contributed by atoms with van der Waals surface area (Å²) in [4.78, 5) is 27.9. The second-order valence-corrected chi connectivity index (χ2v) is 10.7. The molecule has 4 aromatic rings. The molecule has 2 heterocycles. The van der Waals surface area contributed by atoms with E-state index in [1.807, 2.05) is 32.0 Å². The Bertz CT molecular complexity index is 1560. The molecule has 3 aromatic carbocycles. The number of hydrogen-bond donors (Lipinski definition) is 1. The summed E-state index contributed by atoms with van der Waals surface area (Å²) in [6.07, 6.45) is 0.869. The number of aryl methyl sites for hydroxylation is 2. The van der Waals surface area contributed by atoms with Crippen molar-refractivity contribution >= 4 is 33.9 Å². The number of carbonyl (C=O) groups excluding carboxylic acids is 2. The van der Waals surface area contributed by atoms with Crippen molar-refractivity contribution in [2.24, 2.45) is 0 Å². The van der Waals surface area contributed by atoms with Crippen molar-refractivity contribution in [3.05, 3.63) is 106 Å². The van der Waals surface area contributed by atoms with E-state index in [9.17, 15) is 14.7 Å². The van der Waals surface area contributed by atoms with Gasteiger partial charge in [0.05, 0.1) is 18.2 Å². The first-order chi connectivity index (χ1) is 19.4. The number of aliphatic hydroxyl groups excluding tert-OH is 1. The number of rotatable bonds is 9. The third-order valence-electron chi connectivity index (χ3n) is 6.45. The lowest BCUT2D eigenvalue weighted by molar-refractivity contribution is -0.132. The second kappa shape index (κ2) is 11.7. The van der Waals surface area contributed by atoms with Gasteiger partial charge >= 0.3 is 5.91 Å². The molecule has 40 heavy (non-hydrogen) atoms. The Morgan fingerprint density at radius 3 is 2.30 bits per heavy atom. The molecule has 0 spiro atoms. The molecular formula is C31H29N3O5S. The lowest BCUT2D eigenvalue weighted by Gasteiger charge is -2.22. The van der Waals surface area contributed by atoms with Crippen LogP contribution in [0.2, 0.25) is 0 Å². The van der Waals surface area contributed by atoms with E-state index >= 15 is 0 Å². The van der Waals surface area contributed by atoms with E-state index < -0.39 is 17.7 Å². The van der Waals surface area contributed by atoms with Crippen molar-refractivity contribution in [2.45, 2.75) is 39.8 Å². The molecule has 1 aliphatic heterocycles. The number of anilines is 1. The second-order valence-electron chi connectivity index (χ2n) is 9.49. The molecule has 0 saturated carbocycles. The molecule has 1 atom stereocenters. The average Bonchev–Trinajstić information content (AvgIpc) is 3.50. The molecule has 204 valence electrons. The largest absolute Gasteiger partial charge is 0.507 e. The normalized spacial score (nSPS) is 16.4. The SMILES string of the molecule is CCCOc1ccc(C2C(=C(O)c3ccc(OCc4cccc(C)c4)cc3)C(=O)C(=O)N2c2nnc(C)s2)cc1. The van der Waals surface area contributed by atoms with Gasteiger partial charge in [0.25, 0.3) is 5.78 Å². The molecule has 1 N–H and O–H groups in total. The number of Topliss-reactive ketones (excluding diaryl/α,β-unsaturated/α-hetero) is 1. The van der Waals surface area contributed by atoms with E-state index in [0.29, 0.717) is 40.8 Å². The molecule has 8 nitrogen and oxygen atoms in total. The van der Waals surface area contributed by atoms with Crippen LogP contribution in [0.15, 0.2) is 78.4 Å². The van der Waals surface area contributed by atoms with Crippen LogP contribution in [0.4, 0.5) is 5.13 Å². The summed E-state index contributed by atoms with van der Waals surface area (Å²) < 4.78 is 11.6. The maximum Gasteiger partial charge on any atom is 0.301 e. The Kier molecular flexibility index (Phi) is 7.93. The van der Waals surface area contributed by atoms with Gasteiger partial charge in [-0.15, -0.1) is 10.2 Å². The van der Waals surface area contributed by atoms with E-state index in [4.69, 9.17) is 9.47 Å². The number of nitrogens with zero attached hydrogens (tertiary/aromatic N) is 3. The number of carbonyl (C=O) groups is 2. The summed E-state index contributed by atoms with van der Waals surface area (Å²) in [6, 6.07) is 21.1. The van der Waals surface area contributed by atoms with Crippen LogP contribution in [0.25, 0.3) is 5.76 Å². The highest BCUT2D eigenvalue weighted by Crippen LogP contribution is 2.43. The molecule has 9 heteroatoms. The number of hydrogen-bond acceptors (Lipinski definition) is 8. The van der Waals surface area contributed by atoms with Gasteiger partial charge in [0.1, 0.15) is 28.9 Å². The van der Waals surface area contributed by atoms with Crippen LogP contribution >= 0.6 is 11.3 Å². The fraction of sp³-hybridized carbons (Fsp3) is 0.226. The van der Waals surface area contributed by atoms with E-state index in [1.165, 1.54) is 16.2 Å². The number of aromatic nitrogens is 2. The number of ketones is 1. The number of benzene rings is 3. The first kappa shape index (κ1) is 27.1. The quantitative estimate of drug-likeness (QED) is 0.150. The topological polar surface area (TPSA) is 102 Å². The Labute approximate surface area is 236 Å². The minimum Gasteiger partial charge on any atom is -0.507 e. The van der Waals surface area contributed by atoms with E-state index in [2.05, 4.69) is 16.3 Å². The molecule has 5 rings (SSSR count). The van der Waals surface area contributed by atoms with Gasteiger partial charge in [-0.25, -0.2) is 0 Å². The number of aliphatic hydroxyl groups is 1. The van der Waals surface area contributed by atoms with Crippen LogP contribution < -0.4 is 14.4 Å². The molecule has 0 bridgehead atoms. The van der Waals surface area contributed by atoms with Gasteiger partial charge in [-0.1, -0.05) is 60.2 Å². The third kappa shape index (κ3) is 5.60. The predicted octanol–water partition coefficient (Wildman–Crippen LogP) is 6.15. The van der Waals surface area contributed by atoms with Crippen molar-refractivity contribution in [3.8, 4) is 11.5 Å². The zero-order chi connectivity index (χ0) is 28.2. The van der Waals surface area contributed by atoms with Crippen molar-refractivity contribution in [2.75, 3.05) is 11.5 Å². The van der Waals surface area contributed by atoms with E-state index in [0.717, 1.165) is 17.5 Å². The lowest BCUT2D eigenvalue weighted by Crippen LogP contribution is -2.29. The van der Waals surface area contributed by atoms with Crippen LogP contribution in [0, 0.1) is 13.8 Å². The van der Waals surface area contributed by atoms with Crippen molar-refractivity contribution in [3.63, 3.8) is 0 Å². The van der Waals surface area contributed by atoms with Crippen LogP contribution in [-0.2, 0) is 16.2 Å². The standard InChI is InChI=1S/C31H29N3O5S/c1-4-16-38-24-12-8-22(9-13-24)27-26(29(36)30(37)34(27)31-33-32-20(3)40-31)28(35)23-10-14-25(15-11-23)39-18-21-7-5-6-19(2)17-21/h5-15,17,27,35H,4,16,18H2,1-3H3. The van der Waals surface area contributed by atoms with Crippen molar-refractivity contribution in [1.29, 1.82) is 0 Å². The van der Waals surface area contributed by atoms with Gasteiger partial charge < -0.3 is 14.6 Å². The van der Waals surface area contributed by atoms with Crippen LogP contribution in [-0.4, -0.2) is 33.6 Å². The summed E-state index contributed by atoms with van der Waals surface area (Å²) in [6.45, 7) is 6.80. The molecule has 0 aliphatic carbocycles. The maximum atomic E-state index is 13.4. The minimum atomic E-state index is -0.884. The zero-order valence-electron chi connectivity index (χ0n) is 22.5. The molecule has 1 aliphatic rings. The summed E-state index contributed by atoms with van der Waals surface area (Å²) in [5, 5.41) is 20.5. The maximum absolute atomic E-state index is 13.4. The predicted molar refractivity (Wildman–Crippen MR) is 154 cm³/mol. The number of ether oxygens (including phenoxy) is 2. The molecule has 0 radical (unpaired) electrons. The first-order valence-corrected chi connectivity index (χ1v) is 13.8. The molecule has 1 amide bonds. The molecule has 1 aromatic heterocycles. The zero-order valence-corrected chi connectivity index (χ0v) is 23.3. The van der Waals surface area contributed by atoms with Crippen LogP contribution in [0.5, 0.6) is 11.5 Å². The molecular weight excluding hydrogens is 526 g/mol. The van der Waals surface area contributed by atoms with E-state index in [1.54, 1.807) is 55.5 Å². The Balaban J connectivity index is 1.48. The van der Waals surface area contributed by atoms with Gasteiger partial charge in [-0.3, -0.25) is 14.5 Å². The number of amides is 1. The fourth-order valence-corrected chi connectivity index (χ4v) is 5.24. The van der Waals surface area contributed by atoms with Crippen molar-refractivity contribution < 1.29 is 24.2 Å². The third-order valence-corrected chi connectivity index (χ3v) is 7.29. The summed E-state index contributed by atoms with van der Waals surface area (Å²) in [5.74, 6) is -0.546. The van der Waals surface area contributed by atoms with Gasteiger partial charge in [-0.05, 0) is 67.8 Å². The highest BCUT2D eigenvalue weighted by molar-refractivity contribution is 7.15. The molecule has 1 unspecified atom stereocenters. The van der Waals surface area contributed by atoms with Crippen LogP contribution in [0.3, 0.4) is 0 Å². The van der Waals surface area contributed by atoms with Crippen molar-refractivity contribution in [1.82, 2.24) is 10.2 Å². The first-order valence-electron chi connectivity index (χ1n) is 13.0. The summed E-state index contributed by atoms with van der Waals surface area (Å²) in [5.41, 5.74) is 3.20. The molecule has 1 fully saturated rings. The Hall–Kier alpha value is -4.50. The highest BCUT2D eigenvalue weighted by atomic mass is 32.1. The fourth-order valence-electron chi connectivity index (χ4n) is 4.53. The van der Waals surface area contributed by atoms with Gasteiger partial charge in [0, 0.05) is 5.56 Å². The van der Waals surface area contributed by atoms with Crippen LogP contribution in [0.1, 0.15) is 46.6 Å². The smallest absolute Gasteiger partial charge is 0.301 e. The Morgan fingerprint density at radius 1 is 0.950 bits per heavy atom. The van der Waals surface area contributed by atoms with Gasteiger partial charge in [0.2, 0.25) is 5.13 Å². The average molecular weight is 556 g/mol. The lowest BCUT2D eigenvalue weighted by atomic mass is 9.95. The van der Waals surface area contributed by atoms with Gasteiger partial charge in [-0.2, -0.15) is 0 Å². The summed E-state index contributed by atoms with van der Waals surface area (Å²) in [7, 11) is 0. The van der Waals surface area contributed by atoms with Gasteiger partial charge in [0.15, 0.2) is 0 Å². The monoisotopic (exact) mass is 555 g/mol. The highest BCUT2D eigenvalue weighted by Gasteiger charge is 2.48. The Morgan fingerprint density at radius 2 is 1.65 bits per heavy atom. The molecule has 1 saturated heterocycles. The van der Waals surface area contributed by atoms with E-state index in [-0.39, 0.29) is 16.5 Å². The summed E-state index contributed by atoms with van der Waals surface area (Å²) >= 11 is 1.20. The minimum absolute atomic E-state index is 0.0199.